The molecular weight excluding hydrogens is 372 g/mol. The summed E-state index contributed by atoms with van der Waals surface area (Å²) in [6, 6.07) is 5.07. The molecule has 0 aliphatic heterocycles. The molecular formula is C22H30N2O5. The van der Waals surface area contributed by atoms with Crippen LogP contribution in [0.1, 0.15) is 74.9 Å². The molecule has 1 aromatic rings. The first kappa shape index (κ1) is 22.6. The molecule has 1 aliphatic carbocycles. The van der Waals surface area contributed by atoms with E-state index in [0.717, 1.165) is 19.3 Å². The van der Waals surface area contributed by atoms with Crippen LogP contribution in [0, 0.1) is 0 Å². The summed E-state index contributed by atoms with van der Waals surface area (Å²) < 4.78 is 5.04. The van der Waals surface area contributed by atoms with E-state index in [0.29, 0.717) is 5.56 Å². The first-order valence-corrected chi connectivity index (χ1v) is 10.0. The Balaban J connectivity index is 1.79. The predicted octanol–water partition coefficient (Wildman–Crippen LogP) is 3.08. The van der Waals surface area contributed by atoms with Gasteiger partial charge in [0.1, 0.15) is 0 Å². The van der Waals surface area contributed by atoms with Gasteiger partial charge >= 0.3 is 12.0 Å². The SMILES string of the molecule is C[C@H](OC(=O)CCC(=O)c1ccc2c(c1)CCCC2)C(=O)NC(=O)NC(C)(C)C. The summed E-state index contributed by atoms with van der Waals surface area (Å²) in [7, 11) is 0. The smallest absolute Gasteiger partial charge is 0.321 e. The van der Waals surface area contributed by atoms with Crippen LogP contribution in [0.4, 0.5) is 4.79 Å². The second-order valence-electron chi connectivity index (χ2n) is 8.44. The number of hydrogen-bond acceptors (Lipinski definition) is 5. The molecule has 0 unspecified atom stereocenters. The molecule has 0 bridgehead atoms. The van der Waals surface area contributed by atoms with Crippen molar-refractivity contribution < 1.29 is 23.9 Å². The number of fused-ring (bicyclic) bond motifs is 1. The summed E-state index contributed by atoms with van der Waals surface area (Å²) >= 11 is 0. The molecule has 1 atom stereocenters. The van der Waals surface area contributed by atoms with E-state index in [1.54, 1.807) is 20.8 Å². The van der Waals surface area contributed by atoms with E-state index in [1.807, 2.05) is 18.2 Å². The molecule has 1 aliphatic rings. The number of rotatable bonds is 6. The van der Waals surface area contributed by atoms with Gasteiger partial charge in [-0.05, 0) is 70.6 Å². The highest BCUT2D eigenvalue weighted by atomic mass is 16.5. The molecule has 7 nitrogen and oxygen atoms in total. The number of ketones is 1. The third kappa shape index (κ3) is 7.33. The summed E-state index contributed by atoms with van der Waals surface area (Å²) in [5.74, 6) is -1.51. The lowest BCUT2D eigenvalue weighted by Crippen LogP contribution is -2.50. The van der Waals surface area contributed by atoms with Crippen molar-refractivity contribution in [1.29, 1.82) is 0 Å². The lowest BCUT2D eigenvalue weighted by molar-refractivity contribution is -0.154. The van der Waals surface area contributed by atoms with E-state index in [4.69, 9.17) is 4.74 Å². The van der Waals surface area contributed by atoms with Gasteiger partial charge in [-0.25, -0.2) is 4.79 Å². The fourth-order valence-electron chi connectivity index (χ4n) is 3.16. The molecule has 0 radical (unpaired) electrons. The number of ether oxygens (including phenoxy) is 1. The fraction of sp³-hybridized carbons (Fsp3) is 0.545. The Bertz CT molecular complexity index is 795. The average Bonchev–Trinajstić information content (AvgIpc) is 2.64. The van der Waals surface area contributed by atoms with E-state index in [2.05, 4.69) is 10.6 Å². The molecule has 2 rings (SSSR count). The monoisotopic (exact) mass is 402 g/mol. The summed E-state index contributed by atoms with van der Waals surface area (Å²) in [6.07, 6.45) is 3.09. The summed E-state index contributed by atoms with van der Waals surface area (Å²) in [5, 5.41) is 4.71. The van der Waals surface area contributed by atoms with Crippen molar-refractivity contribution >= 4 is 23.7 Å². The molecule has 7 heteroatoms. The third-order valence-electron chi connectivity index (χ3n) is 4.63. The average molecular weight is 402 g/mol. The molecule has 0 saturated carbocycles. The number of urea groups is 1. The van der Waals surface area contributed by atoms with E-state index >= 15 is 0 Å². The third-order valence-corrected chi connectivity index (χ3v) is 4.63. The van der Waals surface area contributed by atoms with Gasteiger partial charge in [0, 0.05) is 17.5 Å². The van der Waals surface area contributed by atoms with E-state index < -0.39 is 29.6 Å². The van der Waals surface area contributed by atoms with E-state index in [-0.39, 0.29) is 18.6 Å². The van der Waals surface area contributed by atoms with Crippen LogP contribution in [0.5, 0.6) is 0 Å². The molecule has 3 amide bonds. The maximum atomic E-state index is 12.4. The number of esters is 1. The number of imide groups is 1. The van der Waals surface area contributed by atoms with Gasteiger partial charge in [0.05, 0.1) is 6.42 Å². The highest BCUT2D eigenvalue weighted by Crippen LogP contribution is 2.23. The van der Waals surface area contributed by atoms with Gasteiger partial charge in [-0.2, -0.15) is 0 Å². The minimum atomic E-state index is -1.13. The lowest BCUT2D eigenvalue weighted by Gasteiger charge is -2.21. The quantitative estimate of drug-likeness (QED) is 0.562. The highest BCUT2D eigenvalue weighted by molar-refractivity contribution is 5.99. The Morgan fingerprint density at radius 1 is 1.03 bits per heavy atom. The van der Waals surface area contributed by atoms with Crippen LogP contribution in [0.25, 0.3) is 0 Å². The Kier molecular flexibility index (Phi) is 7.53. The van der Waals surface area contributed by atoms with Crippen LogP contribution in [-0.2, 0) is 27.2 Å². The molecule has 0 aromatic heterocycles. The van der Waals surface area contributed by atoms with Gasteiger partial charge in [0.2, 0.25) is 0 Å². The van der Waals surface area contributed by atoms with Gasteiger partial charge in [-0.3, -0.25) is 19.7 Å². The zero-order valence-corrected chi connectivity index (χ0v) is 17.6. The minimum absolute atomic E-state index is 0.0104. The second-order valence-corrected chi connectivity index (χ2v) is 8.44. The van der Waals surface area contributed by atoms with E-state index in [9.17, 15) is 19.2 Å². The van der Waals surface area contributed by atoms with Gasteiger partial charge in [-0.1, -0.05) is 12.1 Å². The molecule has 2 N–H and O–H groups in total. The van der Waals surface area contributed by atoms with Crippen LogP contribution in [0.3, 0.4) is 0 Å². The molecule has 0 fully saturated rings. The largest absolute Gasteiger partial charge is 0.453 e. The van der Waals surface area contributed by atoms with Crippen LogP contribution >= 0.6 is 0 Å². The normalized spacial score (nSPS) is 14.3. The maximum absolute atomic E-state index is 12.4. The molecule has 0 heterocycles. The highest BCUT2D eigenvalue weighted by Gasteiger charge is 2.22. The molecule has 158 valence electrons. The number of Topliss-reactive ketones (excluding diaryl/α,β-unsaturated/α-hetero) is 1. The Hall–Kier alpha value is -2.70. The van der Waals surface area contributed by atoms with Gasteiger partial charge < -0.3 is 10.1 Å². The van der Waals surface area contributed by atoms with Gasteiger partial charge in [0.15, 0.2) is 11.9 Å². The number of benzene rings is 1. The van der Waals surface area contributed by atoms with Crippen LogP contribution < -0.4 is 10.6 Å². The number of amides is 3. The van der Waals surface area contributed by atoms with Crippen molar-refractivity contribution in [3.63, 3.8) is 0 Å². The minimum Gasteiger partial charge on any atom is -0.453 e. The fourth-order valence-corrected chi connectivity index (χ4v) is 3.16. The number of aryl methyl sites for hydroxylation is 2. The Morgan fingerprint density at radius 3 is 2.34 bits per heavy atom. The van der Waals surface area contributed by atoms with Crippen molar-refractivity contribution in [3.8, 4) is 0 Å². The standard InChI is InChI=1S/C22H30N2O5/c1-14(20(27)23-21(28)24-22(2,3)4)29-19(26)12-11-18(25)17-10-9-15-7-5-6-8-16(15)13-17/h9-10,13-14H,5-8,11-12H2,1-4H3,(H2,23,24,27,28)/t14-/m0/s1. The van der Waals surface area contributed by atoms with Gasteiger partial charge in [0.25, 0.3) is 5.91 Å². The molecule has 0 saturated heterocycles. The predicted molar refractivity (Wildman–Crippen MR) is 109 cm³/mol. The van der Waals surface area contributed by atoms with Crippen molar-refractivity contribution in [1.82, 2.24) is 10.6 Å². The lowest BCUT2D eigenvalue weighted by atomic mass is 9.89. The van der Waals surface area contributed by atoms with Crippen LogP contribution in [0.2, 0.25) is 0 Å². The van der Waals surface area contributed by atoms with Crippen molar-refractivity contribution in [2.75, 3.05) is 0 Å². The number of carbonyl (C=O) groups excluding carboxylic acids is 4. The first-order chi connectivity index (χ1) is 13.5. The van der Waals surface area contributed by atoms with Crippen LogP contribution in [-0.4, -0.2) is 35.3 Å². The summed E-state index contributed by atoms with van der Waals surface area (Å²) in [4.78, 5) is 48.0. The zero-order valence-electron chi connectivity index (χ0n) is 17.6. The van der Waals surface area contributed by atoms with Crippen molar-refractivity contribution in [2.24, 2.45) is 0 Å². The molecule has 1 aromatic carbocycles. The van der Waals surface area contributed by atoms with Crippen LogP contribution in [0.15, 0.2) is 18.2 Å². The van der Waals surface area contributed by atoms with Crippen molar-refractivity contribution in [3.05, 3.63) is 34.9 Å². The summed E-state index contributed by atoms with van der Waals surface area (Å²) in [5.41, 5.74) is 2.61. The molecule has 29 heavy (non-hydrogen) atoms. The molecule has 0 spiro atoms. The topological polar surface area (TPSA) is 102 Å². The summed E-state index contributed by atoms with van der Waals surface area (Å²) in [6.45, 7) is 6.71. The van der Waals surface area contributed by atoms with Gasteiger partial charge in [-0.15, -0.1) is 0 Å². The Labute approximate surface area is 171 Å². The van der Waals surface area contributed by atoms with E-state index in [1.165, 1.54) is 24.5 Å². The number of carbonyl (C=O) groups is 4. The second kappa shape index (κ2) is 9.67. The Morgan fingerprint density at radius 2 is 1.69 bits per heavy atom. The zero-order chi connectivity index (χ0) is 21.6. The maximum Gasteiger partial charge on any atom is 0.321 e. The first-order valence-electron chi connectivity index (χ1n) is 10.0. The number of hydrogen-bond donors (Lipinski definition) is 2. The number of nitrogens with one attached hydrogen (secondary N) is 2. The van der Waals surface area contributed by atoms with Crippen molar-refractivity contribution in [2.45, 2.75) is 77.9 Å².